The minimum atomic E-state index is -0.555. The minimum Gasteiger partial charge on any atom is -0.384 e. The van der Waals surface area contributed by atoms with Crippen molar-refractivity contribution in [2.45, 2.75) is 12.6 Å². The molecule has 0 radical (unpaired) electrons. The predicted octanol–water partition coefficient (Wildman–Crippen LogP) is 2.49. The number of aliphatic hydroxyl groups excluding tert-OH is 1. The van der Waals surface area contributed by atoms with Gasteiger partial charge in [0.15, 0.2) is 0 Å². The zero-order chi connectivity index (χ0) is 12.1. The highest BCUT2D eigenvalue weighted by atomic mass is 16.3. The molecule has 0 unspecified atom stereocenters. The van der Waals surface area contributed by atoms with E-state index >= 15 is 0 Å². The molecule has 88 valence electrons. The fourth-order valence-corrected chi connectivity index (χ4v) is 1.97. The first kappa shape index (κ1) is 11.8. The molecule has 2 nitrogen and oxygen atoms in total. The maximum atomic E-state index is 10.4. The minimum absolute atomic E-state index is 0.555. The van der Waals surface area contributed by atoms with Crippen LogP contribution in [0, 0.1) is 0 Å². The number of aliphatic hydroxyl groups is 1. The Kier molecular flexibility index (Phi) is 3.91. The second kappa shape index (κ2) is 5.62. The molecule has 2 N–H and O–H groups in total. The van der Waals surface area contributed by atoms with E-state index < -0.39 is 6.10 Å². The molecular weight excluding hydrogens is 210 g/mol. The van der Waals surface area contributed by atoms with Gasteiger partial charge in [0.25, 0.3) is 0 Å². The molecule has 0 saturated carbocycles. The lowest BCUT2D eigenvalue weighted by molar-refractivity contribution is 0.219. The van der Waals surface area contributed by atoms with Crippen LogP contribution in [0.5, 0.6) is 0 Å². The first-order valence-electron chi connectivity index (χ1n) is 5.78. The Morgan fingerprint density at radius 2 is 1.65 bits per heavy atom. The summed E-state index contributed by atoms with van der Waals surface area (Å²) in [5.41, 5.74) is 3.02. The Morgan fingerprint density at radius 1 is 1.00 bits per heavy atom. The Labute approximate surface area is 102 Å². The van der Waals surface area contributed by atoms with Gasteiger partial charge in [0.2, 0.25) is 0 Å². The summed E-state index contributed by atoms with van der Waals surface area (Å²) in [4.78, 5) is 0. The lowest BCUT2D eigenvalue weighted by Gasteiger charge is -2.15. The molecule has 2 aromatic rings. The molecule has 0 amide bonds. The molecule has 2 heteroatoms. The monoisotopic (exact) mass is 227 g/mol. The van der Waals surface area contributed by atoms with E-state index in [9.17, 15) is 5.11 Å². The van der Waals surface area contributed by atoms with Gasteiger partial charge in [-0.25, -0.2) is 0 Å². The van der Waals surface area contributed by atoms with Crippen molar-refractivity contribution < 1.29 is 5.11 Å². The fraction of sp³-hybridized carbons (Fsp3) is 0.200. The Hall–Kier alpha value is -1.64. The lowest BCUT2D eigenvalue weighted by atomic mass is 9.97. The van der Waals surface area contributed by atoms with Crippen molar-refractivity contribution >= 4 is 0 Å². The molecule has 0 bridgehead atoms. The number of nitrogens with one attached hydrogen (secondary N) is 1. The van der Waals surface area contributed by atoms with Gasteiger partial charge in [-0.05, 0) is 23.7 Å². The fourth-order valence-electron chi connectivity index (χ4n) is 1.97. The molecule has 0 aliphatic rings. The summed E-state index contributed by atoms with van der Waals surface area (Å²) in [5.74, 6) is 0. The van der Waals surface area contributed by atoms with Crippen molar-refractivity contribution in [2.24, 2.45) is 0 Å². The molecule has 2 aromatic carbocycles. The van der Waals surface area contributed by atoms with Crippen LogP contribution in [0.2, 0.25) is 0 Å². The van der Waals surface area contributed by atoms with Gasteiger partial charge in [0.1, 0.15) is 6.10 Å². The van der Waals surface area contributed by atoms with Crippen LogP contribution in [0.25, 0.3) is 0 Å². The van der Waals surface area contributed by atoms with E-state index in [0.717, 1.165) is 23.2 Å². The van der Waals surface area contributed by atoms with E-state index in [-0.39, 0.29) is 0 Å². The van der Waals surface area contributed by atoms with Crippen LogP contribution in [-0.4, -0.2) is 12.2 Å². The SMILES string of the molecule is CNCc1ccccc1[C@H](O)c1ccccc1. The van der Waals surface area contributed by atoms with Crippen LogP contribution in [0.4, 0.5) is 0 Å². The largest absolute Gasteiger partial charge is 0.384 e. The van der Waals surface area contributed by atoms with Gasteiger partial charge in [0.05, 0.1) is 0 Å². The molecule has 0 saturated heterocycles. The Balaban J connectivity index is 2.33. The van der Waals surface area contributed by atoms with Crippen molar-refractivity contribution in [1.82, 2.24) is 5.32 Å². The zero-order valence-corrected chi connectivity index (χ0v) is 9.93. The average Bonchev–Trinajstić information content (AvgIpc) is 2.40. The summed E-state index contributed by atoms with van der Waals surface area (Å²) in [7, 11) is 1.91. The summed E-state index contributed by atoms with van der Waals surface area (Å²) in [6.45, 7) is 0.764. The van der Waals surface area contributed by atoms with E-state index in [1.807, 2.05) is 61.6 Å². The van der Waals surface area contributed by atoms with Crippen LogP contribution < -0.4 is 5.32 Å². The number of hydrogen-bond donors (Lipinski definition) is 2. The van der Waals surface area contributed by atoms with Gasteiger partial charge in [0, 0.05) is 6.54 Å². The highest BCUT2D eigenvalue weighted by Crippen LogP contribution is 2.24. The normalized spacial score (nSPS) is 12.4. The van der Waals surface area contributed by atoms with E-state index in [2.05, 4.69) is 5.32 Å². The first-order valence-corrected chi connectivity index (χ1v) is 5.78. The third-order valence-electron chi connectivity index (χ3n) is 2.83. The average molecular weight is 227 g/mol. The van der Waals surface area contributed by atoms with Gasteiger partial charge < -0.3 is 10.4 Å². The van der Waals surface area contributed by atoms with Gasteiger partial charge in [-0.1, -0.05) is 54.6 Å². The van der Waals surface area contributed by atoms with E-state index in [0.29, 0.717) is 0 Å². The zero-order valence-electron chi connectivity index (χ0n) is 9.93. The van der Waals surface area contributed by atoms with Crippen molar-refractivity contribution in [3.63, 3.8) is 0 Å². The topological polar surface area (TPSA) is 32.3 Å². The van der Waals surface area contributed by atoms with Crippen LogP contribution >= 0.6 is 0 Å². The summed E-state index contributed by atoms with van der Waals surface area (Å²) >= 11 is 0. The van der Waals surface area contributed by atoms with Crippen LogP contribution in [0.15, 0.2) is 54.6 Å². The highest BCUT2D eigenvalue weighted by molar-refractivity contribution is 5.35. The van der Waals surface area contributed by atoms with Gasteiger partial charge in [-0.3, -0.25) is 0 Å². The third-order valence-corrected chi connectivity index (χ3v) is 2.83. The molecule has 1 atom stereocenters. The van der Waals surface area contributed by atoms with E-state index in [1.165, 1.54) is 0 Å². The standard InChI is InChI=1S/C15H17NO/c1-16-11-13-9-5-6-10-14(13)15(17)12-7-3-2-4-8-12/h2-10,15-17H,11H2,1H3/t15-/m1/s1. The molecule has 0 aromatic heterocycles. The van der Waals surface area contributed by atoms with Crippen LogP contribution in [0.1, 0.15) is 22.8 Å². The molecule has 0 aliphatic heterocycles. The van der Waals surface area contributed by atoms with E-state index in [1.54, 1.807) is 0 Å². The second-order valence-electron chi connectivity index (χ2n) is 4.04. The van der Waals surface area contributed by atoms with Crippen molar-refractivity contribution in [1.29, 1.82) is 0 Å². The molecule has 0 heterocycles. The Bertz CT molecular complexity index is 467. The number of rotatable bonds is 4. The predicted molar refractivity (Wildman–Crippen MR) is 69.7 cm³/mol. The summed E-state index contributed by atoms with van der Waals surface area (Å²) in [6, 6.07) is 17.7. The molecular formula is C15H17NO. The van der Waals surface area contributed by atoms with Gasteiger partial charge >= 0.3 is 0 Å². The molecule has 0 spiro atoms. The van der Waals surface area contributed by atoms with Crippen molar-refractivity contribution in [2.75, 3.05) is 7.05 Å². The molecule has 0 aliphatic carbocycles. The van der Waals surface area contributed by atoms with Crippen molar-refractivity contribution in [3.05, 3.63) is 71.3 Å². The summed E-state index contributed by atoms with van der Waals surface area (Å²) < 4.78 is 0. The molecule has 17 heavy (non-hydrogen) atoms. The number of benzene rings is 2. The lowest BCUT2D eigenvalue weighted by Crippen LogP contribution is -2.10. The summed E-state index contributed by atoms with van der Waals surface area (Å²) in [5, 5.41) is 13.5. The van der Waals surface area contributed by atoms with Crippen molar-refractivity contribution in [3.8, 4) is 0 Å². The molecule has 0 fully saturated rings. The smallest absolute Gasteiger partial charge is 0.104 e. The highest BCUT2D eigenvalue weighted by Gasteiger charge is 2.12. The summed E-state index contributed by atoms with van der Waals surface area (Å²) in [6.07, 6.45) is -0.555. The quantitative estimate of drug-likeness (QED) is 0.841. The maximum absolute atomic E-state index is 10.4. The van der Waals surface area contributed by atoms with Gasteiger partial charge in [-0.15, -0.1) is 0 Å². The van der Waals surface area contributed by atoms with E-state index in [4.69, 9.17) is 0 Å². The number of hydrogen-bond acceptors (Lipinski definition) is 2. The Morgan fingerprint density at radius 3 is 2.35 bits per heavy atom. The second-order valence-corrected chi connectivity index (χ2v) is 4.04. The van der Waals surface area contributed by atoms with Crippen LogP contribution in [0.3, 0.4) is 0 Å². The first-order chi connectivity index (χ1) is 8.33. The van der Waals surface area contributed by atoms with Crippen LogP contribution in [-0.2, 0) is 6.54 Å². The van der Waals surface area contributed by atoms with Gasteiger partial charge in [-0.2, -0.15) is 0 Å². The maximum Gasteiger partial charge on any atom is 0.104 e. The molecule has 2 rings (SSSR count). The third kappa shape index (κ3) is 2.73.